The minimum absolute atomic E-state index is 0.278. The van der Waals surface area contributed by atoms with Gasteiger partial charge in [-0.1, -0.05) is 6.07 Å². The molecular weight excluding hydrogens is 290 g/mol. The summed E-state index contributed by atoms with van der Waals surface area (Å²) in [6.07, 6.45) is 1.74. The van der Waals surface area contributed by atoms with Gasteiger partial charge < -0.3 is 15.2 Å². The molecule has 0 saturated carbocycles. The number of nitrogens with zero attached hydrogens (tertiary/aromatic N) is 2. The largest absolute Gasteiger partial charge is 0.496 e. The Morgan fingerprint density at radius 1 is 0.957 bits per heavy atom. The molecule has 1 heterocycles. The van der Waals surface area contributed by atoms with E-state index in [-0.39, 0.29) is 5.95 Å². The fourth-order valence-corrected chi connectivity index (χ4v) is 2.92. The zero-order valence-electron chi connectivity index (χ0n) is 13.7. The van der Waals surface area contributed by atoms with Gasteiger partial charge in [0.15, 0.2) is 0 Å². The molecule has 0 spiro atoms. The van der Waals surface area contributed by atoms with Crippen LogP contribution in [0, 0.1) is 13.8 Å². The molecule has 118 valence electrons. The molecule has 0 radical (unpaired) electrons. The number of benzene rings is 2. The molecular formula is C18H19N3O2. The van der Waals surface area contributed by atoms with Crippen molar-refractivity contribution in [3.8, 4) is 22.6 Å². The second-order valence-electron chi connectivity index (χ2n) is 5.41. The number of ether oxygens (including phenoxy) is 2. The zero-order chi connectivity index (χ0) is 16.6. The summed E-state index contributed by atoms with van der Waals surface area (Å²) in [6, 6.07) is 7.96. The van der Waals surface area contributed by atoms with Crippen molar-refractivity contribution >= 4 is 16.9 Å². The third-order valence-corrected chi connectivity index (χ3v) is 4.08. The maximum absolute atomic E-state index is 5.64. The molecule has 3 aromatic rings. The highest BCUT2D eigenvalue weighted by Gasteiger charge is 2.15. The van der Waals surface area contributed by atoms with E-state index in [2.05, 4.69) is 16.0 Å². The summed E-state index contributed by atoms with van der Waals surface area (Å²) in [7, 11) is 3.33. The zero-order valence-corrected chi connectivity index (χ0v) is 13.7. The molecule has 23 heavy (non-hydrogen) atoms. The van der Waals surface area contributed by atoms with Crippen molar-refractivity contribution in [1.29, 1.82) is 0 Å². The van der Waals surface area contributed by atoms with Crippen LogP contribution in [0.5, 0.6) is 11.5 Å². The van der Waals surface area contributed by atoms with Crippen molar-refractivity contribution in [2.75, 3.05) is 20.0 Å². The Hall–Kier alpha value is -2.82. The number of nitrogen functional groups attached to an aromatic ring is 1. The van der Waals surface area contributed by atoms with Gasteiger partial charge in [0.2, 0.25) is 5.95 Å². The van der Waals surface area contributed by atoms with Crippen LogP contribution in [0.15, 0.2) is 30.5 Å². The Morgan fingerprint density at radius 3 is 2.22 bits per heavy atom. The monoisotopic (exact) mass is 309 g/mol. The van der Waals surface area contributed by atoms with Crippen LogP contribution < -0.4 is 15.2 Å². The molecule has 2 aromatic carbocycles. The molecule has 0 aliphatic rings. The average molecular weight is 309 g/mol. The van der Waals surface area contributed by atoms with Gasteiger partial charge in [-0.25, -0.2) is 9.97 Å². The van der Waals surface area contributed by atoms with Crippen LogP contribution >= 0.6 is 0 Å². The Kier molecular flexibility index (Phi) is 3.78. The number of anilines is 1. The van der Waals surface area contributed by atoms with E-state index in [1.54, 1.807) is 20.4 Å². The van der Waals surface area contributed by atoms with Crippen molar-refractivity contribution in [1.82, 2.24) is 9.97 Å². The predicted octanol–water partition coefficient (Wildman–Crippen LogP) is 3.51. The second-order valence-corrected chi connectivity index (χ2v) is 5.41. The average Bonchev–Trinajstić information content (AvgIpc) is 2.55. The van der Waals surface area contributed by atoms with E-state index in [1.165, 1.54) is 0 Å². The van der Waals surface area contributed by atoms with Crippen molar-refractivity contribution in [3.05, 3.63) is 41.6 Å². The van der Waals surface area contributed by atoms with Crippen LogP contribution in [0.1, 0.15) is 11.1 Å². The van der Waals surface area contributed by atoms with Crippen LogP contribution in [-0.2, 0) is 0 Å². The first-order chi connectivity index (χ1) is 11.0. The standard InChI is InChI=1S/C18H19N3O2/c1-10-15(22-3)8-16(23-4)11(2)17(10)12-5-6-14-13(7-12)9-20-18(19)21-14/h5-9H,1-4H3,(H2,19,20,21). The predicted molar refractivity (Wildman–Crippen MR) is 92.0 cm³/mol. The fraction of sp³-hybridized carbons (Fsp3) is 0.222. The molecule has 1 aromatic heterocycles. The van der Waals surface area contributed by atoms with Gasteiger partial charge in [-0.05, 0) is 48.2 Å². The Bertz CT molecular complexity index is 863. The van der Waals surface area contributed by atoms with Crippen molar-refractivity contribution in [3.63, 3.8) is 0 Å². The van der Waals surface area contributed by atoms with Gasteiger partial charge in [0.05, 0.1) is 19.7 Å². The molecule has 5 nitrogen and oxygen atoms in total. The van der Waals surface area contributed by atoms with Gasteiger partial charge in [0.25, 0.3) is 0 Å². The number of hydrogen-bond donors (Lipinski definition) is 1. The van der Waals surface area contributed by atoms with Gasteiger partial charge in [-0.15, -0.1) is 0 Å². The highest BCUT2D eigenvalue weighted by Crippen LogP contribution is 2.39. The molecule has 0 amide bonds. The van der Waals surface area contributed by atoms with E-state index >= 15 is 0 Å². The van der Waals surface area contributed by atoms with Gasteiger partial charge in [0.1, 0.15) is 11.5 Å². The first-order valence-electron chi connectivity index (χ1n) is 7.30. The van der Waals surface area contributed by atoms with Crippen molar-refractivity contribution < 1.29 is 9.47 Å². The van der Waals surface area contributed by atoms with E-state index < -0.39 is 0 Å². The summed E-state index contributed by atoms with van der Waals surface area (Å²) in [5.74, 6) is 1.88. The van der Waals surface area contributed by atoms with E-state index in [0.29, 0.717) is 0 Å². The SMILES string of the molecule is COc1cc(OC)c(C)c(-c2ccc3nc(N)ncc3c2)c1C. The molecule has 0 atom stereocenters. The fourth-order valence-electron chi connectivity index (χ4n) is 2.92. The Balaban J connectivity index is 2.27. The molecule has 0 fully saturated rings. The summed E-state index contributed by atoms with van der Waals surface area (Å²) in [5, 5.41) is 0.942. The topological polar surface area (TPSA) is 70.3 Å². The number of hydrogen-bond acceptors (Lipinski definition) is 5. The van der Waals surface area contributed by atoms with E-state index in [9.17, 15) is 0 Å². The van der Waals surface area contributed by atoms with Crippen molar-refractivity contribution in [2.24, 2.45) is 0 Å². The summed E-state index contributed by atoms with van der Waals surface area (Å²) in [5.41, 5.74) is 10.8. The molecule has 0 aliphatic carbocycles. The number of rotatable bonds is 3. The lowest BCUT2D eigenvalue weighted by Crippen LogP contribution is -1.98. The summed E-state index contributed by atoms with van der Waals surface area (Å²) in [6.45, 7) is 4.09. The molecule has 3 rings (SSSR count). The number of methoxy groups -OCH3 is 2. The highest BCUT2D eigenvalue weighted by atomic mass is 16.5. The van der Waals surface area contributed by atoms with Crippen molar-refractivity contribution in [2.45, 2.75) is 13.8 Å². The van der Waals surface area contributed by atoms with Crippen LogP contribution in [-0.4, -0.2) is 24.2 Å². The summed E-state index contributed by atoms with van der Waals surface area (Å²) in [4.78, 5) is 8.31. The first-order valence-corrected chi connectivity index (χ1v) is 7.30. The smallest absolute Gasteiger partial charge is 0.220 e. The molecule has 0 bridgehead atoms. The lowest BCUT2D eigenvalue weighted by Gasteiger charge is -2.17. The van der Waals surface area contributed by atoms with E-state index in [0.717, 1.165) is 44.7 Å². The van der Waals surface area contributed by atoms with E-state index in [4.69, 9.17) is 15.2 Å². The molecule has 0 unspecified atom stereocenters. The number of nitrogens with two attached hydrogens (primary N) is 1. The number of fused-ring (bicyclic) bond motifs is 1. The molecule has 0 aliphatic heterocycles. The maximum atomic E-state index is 5.64. The van der Waals surface area contributed by atoms with Gasteiger partial charge in [0, 0.05) is 17.6 Å². The molecule has 2 N–H and O–H groups in total. The third-order valence-electron chi connectivity index (χ3n) is 4.08. The normalized spacial score (nSPS) is 10.8. The van der Waals surface area contributed by atoms with Crippen LogP contribution in [0.2, 0.25) is 0 Å². The Morgan fingerprint density at radius 2 is 1.61 bits per heavy atom. The Labute approximate surface area is 135 Å². The lowest BCUT2D eigenvalue weighted by molar-refractivity contribution is 0.391. The van der Waals surface area contributed by atoms with Crippen LogP contribution in [0.4, 0.5) is 5.95 Å². The molecule has 5 heteroatoms. The van der Waals surface area contributed by atoms with Gasteiger partial charge in [-0.3, -0.25) is 0 Å². The summed E-state index contributed by atoms with van der Waals surface area (Å²) < 4.78 is 11.0. The third kappa shape index (κ3) is 2.54. The minimum Gasteiger partial charge on any atom is -0.496 e. The quantitative estimate of drug-likeness (QED) is 0.801. The van der Waals surface area contributed by atoms with Crippen LogP contribution in [0.3, 0.4) is 0 Å². The minimum atomic E-state index is 0.278. The highest BCUT2D eigenvalue weighted by molar-refractivity contribution is 5.87. The van der Waals surface area contributed by atoms with Gasteiger partial charge >= 0.3 is 0 Å². The molecule has 0 saturated heterocycles. The number of aromatic nitrogens is 2. The van der Waals surface area contributed by atoms with Gasteiger partial charge in [-0.2, -0.15) is 0 Å². The van der Waals surface area contributed by atoms with Crippen LogP contribution in [0.25, 0.3) is 22.0 Å². The lowest BCUT2D eigenvalue weighted by atomic mass is 9.93. The first kappa shape index (κ1) is 15.1. The second kappa shape index (κ2) is 5.76. The summed E-state index contributed by atoms with van der Waals surface area (Å²) >= 11 is 0. The maximum Gasteiger partial charge on any atom is 0.220 e. The van der Waals surface area contributed by atoms with E-state index in [1.807, 2.05) is 32.0 Å².